The van der Waals surface area contributed by atoms with E-state index in [9.17, 15) is 10.5 Å². The molecule has 0 radical (unpaired) electrons. The first-order valence-electron chi connectivity index (χ1n) is 18.8. The zero-order valence-corrected chi connectivity index (χ0v) is 30.1. The Hall–Kier alpha value is -7.80. The van der Waals surface area contributed by atoms with Gasteiger partial charge < -0.3 is 14.0 Å². The zero-order valence-electron chi connectivity index (χ0n) is 30.1. The minimum absolute atomic E-state index is 0.131. The maximum absolute atomic E-state index is 10.1. The van der Waals surface area contributed by atoms with Crippen LogP contribution in [0.2, 0.25) is 0 Å². The van der Waals surface area contributed by atoms with Crippen molar-refractivity contribution in [2.75, 3.05) is 4.90 Å². The lowest BCUT2D eigenvalue weighted by Gasteiger charge is -2.38. The van der Waals surface area contributed by atoms with Gasteiger partial charge in [0.2, 0.25) is 6.71 Å². The van der Waals surface area contributed by atoms with Crippen LogP contribution >= 0.6 is 0 Å². The molecule has 0 atom stereocenters. The number of hydrogen-bond donors (Lipinski definition) is 0. The molecule has 11 rings (SSSR count). The number of nitriles is 2. The molecule has 0 saturated carbocycles. The monoisotopic (exact) mass is 711 g/mol. The second-order valence-corrected chi connectivity index (χ2v) is 14.4. The number of rotatable bonds is 4. The summed E-state index contributed by atoms with van der Waals surface area (Å²) in [5, 5.41) is 25.1. The van der Waals surface area contributed by atoms with Crippen LogP contribution in [0.3, 0.4) is 0 Å². The lowest BCUT2D eigenvalue weighted by Crippen LogP contribution is -2.57. The standard InChI is InChI=1S/C50H30BN5/c52-31-33-26-34(32-53)28-38(27-33)56-49-24-22-36(54-45-18-8-4-14-39(45)40-15-5-9-19-46(40)54)29-43(49)51(35-12-2-1-3-13-35)44-30-37(23-25-50(44)56)55-47-20-10-6-16-41(47)42-17-7-11-21-48(42)55/h1-30H. The van der Waals surface area contributed by atoms with Gasteiger partial charge in [-0.05, 0) is 89.8 Å². The topological polar surface area (TPSA) is 60.7 Å². The van der Waals surface area contributed by atoms with Crippen molar-refractivity contribution < 1.29 is 0 Å². The van der Waals surface area contributed by atoms with Crippen LogP contribution in [0, 0.1) is 22.7 Å². The lowest BCUT2D eigenvalue weighted by molar-refractivity contribution is 1.17. The summed E-state index contributed by atoms with van der Waals surface area (Å²) >= 11 is 0. The van der Waals surface area contributed by atoms with E-state index in [-0.39, 0.29) is 6.71 Å². The maximum atomic E-state index is 10.1. The molecule has 1 aliphatic rings. The van der Waals surface area contributed by atoms with Gasteiger partial charge >= 0.3 is 0 Å². The number of aromatic nitrogens is 2. The molecule has 2 aromatic heterocycles. The first-order valence-corrected chi connectivity index (χ1v) is 18.8. The molecule has 0 spiro atoms. The van der Waals surface area contributed by atoms with Crippen LogP contribution < -0.4 is 21.3 Å². The molecule has 3 heterocycles. The second kappa shape index (κ2) is 12.4. The van der Waals surface area contributed by atoms with Gasteiger partial charge in [0.25, 0.3) is 0 Å². The van der Waals surface area contributed by atoms with E-state index in [1.807, 2.05) is 12.1 Å². The van der Waals surface area contributed by atoms with Gasteiger partial charge in [0.15, 0.2) is 0 Å². The summed E-state index contributed by atoms with van der Waals surface area (Å²) < 4.78 is 4.73. The van der Waals surface area contributed by atoms with E-state index in [0.29, 0.717) is 11.1 Å². The summed E-state index contributed by atoms with van der Waals surface area (Å²) in [6, 6.07) is 68.7. The van der Waals surface area contributed by atoms with Crippen molar-refractivity contribution in [3.05, 3.63) is 193 Å². The van der Waals surface area contributed by atoms with Crippen LogP contribution in [0.1, 0.15) is 11.1 Å². The molecule has 0 unspecified atom stereocenters. The van der Waals surface area contributed by atoms with Crippen LogP contribution in [0.5, 0.6) is 0 Å². The lowest BCUT2D eigenvalue weighted by atomic mass is 9.35. The molecule has 0 aliphatic carbocycles. The third kappa shape index (κ3) is 4.67. The van der Waals surface area contributed by atoms with Gasteiger partial charge in [-0.3, -0.25) is 0 Å². The highest BCUT2D eigenvalue weighted by molar-refractivity contribution is 6.98. The summed E-state index contributed by atoms with van der Waals surface area (Å²) in [5.74, 6) is 0. The smallest absolute Gasteiger partial charge is 0.246 e. The van der Waals surface area contributed by atoms with E-state index in [0.717, 1.165) is 61.4 Å². The molecule has 0 bridgehead atoms. The maximum Gasteiger partial charge on any atom is 0.246 e. The molecule has 8 aromatic carbocycles. The number of anilines is 3. The van der Waals surface area contributed by atoms with Crippen LogP contribution in [-0.2, 0) is 0 Å². The first-order chi connectivity index (χ1) is 27.7. The van der Waals surface area contributed by atoms with Gasteiger partial charge in [-0.25, -0.2) is 0 Å². The average Bonchev–Trinajstić information content (AvgIpc) is 3.78. The number of benzene rings is 8. The van der Waals surface area contributed by atoms with Crippen molar-refractivity contribution >= 4 is 83.8 Å². The molecule has 0 amide bonds. The van der Waals surface area contributed by atoms with Gasteiger partial charge in [-0.15, -0.1) is 0 Å². The van der Waals surface area contributed by atoms with Gasteiger partial charge in [0.05, 0.1) is 45.3 Å². The molecule has 56 heavy (non-hydrogen) atoms. The molecular weight excluding hydrogens is 681 g/mol. The summed E-state index contributed by atoms with van der Waals surface area (Å²) in [4.78, 5) is 2.23. The highest BCUT2D eigenvalue weighted by atomic mass is 15.2. The first kappa shape index (κ1) is 31.7. The molecule has 5 nitrogen and oxygen atoms in total. The summed E-state index contributed by atoms with van der Waals surface area (Å²) in [6.45, 7) is -0.131. The highest BCUT2D eigenvalue weighted by Gasteiger charge is 2.36. The van der Waals surface area contributed by atoms with E-state index < -0.39 is 0 Å². The van der Waals surface area contributed by atoms with E-state index in [2.05, 4.69) is 190 Å². The second-order valence-electron chi connectivity index (χ2n) is 14.4. The number of para-hydroxylation sites is 4. The molecule has 0 saturated heterocycles. The molecule has 10 aromatic rings. The Labute approximate surface area is 323 Å². The van der Waals surface area contributed by atoms with Crippen LogP contribution in [0.4, 0.5) is 17.1 Å². The Morgan fingerprint density at radius 1 is 0.375 bits per heavy atom. The number of fused-ring (bicyclic) bond motifs is 8. The van der Waals surface area contributed by atoms with Gasteiger partial charge in [0, 0.05) is 50.0 Å². The van der Waals surface area contributed by atoms with Crippen molar-refractivity contribution in [3.63, 3.8) is 0 Å². The molecule has 0 N–H and O–H groups in total. The van der Waals surface area contributed by atoms with E-state index in [1.165, 1.54) is 27.0 Å². The fraction of sp³-hybridized carbons (Fsp3) is 0. The molecule has 258 valence electrons. The highest BCUT2D eigenvalue weighted by Crippen LogP contribution is 2.40. The Balaban J connectivity index is 1.23. The molecular formula is C50H30BN5. The Bertz CT molecular complexity index is 3000. The van der Waals surface area contributed by atoms with Crippen LogP contribution in [0.15, 0.2) is 182 Å². The largest absolute Gasteiger partial charge is 0.311 e. The molecule has 1 aliphatic heterocycles. The quantitative estimate of drug-likeness (QED) is 0.171. The Morgan fingerprint density at radius 3 is 1.18 bits per heavy atom. The Morgan fingerprint density at radius 2 is 0.768 bits per heavy atom. The van der Waals surface area contributed by atoms with Crippen molar-refractivity contribution in [1.82, 2.24) is 9.13 Å². The van der Waals surface area contributed by atoms with E-state index in [1.54, 1.807) is 6.07 Å². The van der Waals surface area contributed by atoms with E-state index in [4.69, 9.17) is 0 Å². The van der Waals surface area contributed by atoms with Crippen LogP contribution in [0.25, 0.3) is 55.0 Å². The summed E-state index contributed by atoms with van der Waals surface area (Å²) in [7, 11) is 0. The Kier molecular flexibility index (Phi) is 7.01. The average molecular weight is 712 g/mol. The predicted molar refractivity (Wildman–Crippen MR) is 230 cm³/mol. The van der Waals surface area contributed by atoms with E-state index >= 15 is 0 Å². The fourth-order valence-corrected chi connectivity index (χ4v) is 9.08. The third-order valence-corrected chi connectivity index (χ3v) is 11.4. The van der Waals surface area contributed by atoms with Crippen molar-refractivity contribution in [3.8, 4) is 23.5 Å². The van der Waals surface area contributed by atoms with Crippen LogP contribution in [-0.4, -0.2) is 15.8 Å². The van der Waals surface area contributed by atoms with Gasteiger partial charge in [-0.1, -0.05) is 109 Å². The summed E-state index contributed by atoms with van der Waals surface area (Å²) in [6.07, 6.45) is 0. The molecule has 6 heteroatoms. The fourth-order valence-electron chi connectivity index (χ4n) is 9.08. The minimum Gasteiger partial charge on any atom is -0.311 e. The number of hydrogen-bond acceptors (Lipinski definition) is 3. The zero-order chi connectivity index (χ0) is 37.3. The number of nitrogens with zero attached hydrogens (tertiary/aromatic N) is 5. The normalized spacial score (nSPS) is 12.2. The SMILES string of the molecule is N#Cc1cc(C#N)cc(N2c3ccc(-n4c5ccccc5c5ccccc54)cc3B(c3ccccc3)c3cc(-n4c5ccccc5c5ccccc54)ccc32)c1. The van der Waals surface area contributed by atoms with Crippen molar-refractivity contribution in [2.24, 2.45) is 0 Å². The minimum atomic E-state index is -0.131. The van der Waals surface area contributed by atoms with Crippen molar-refractivity contribution in [1.29, 1.82) is 10.5 Å². The van der Waals surface area contributed by atoms with Gasteiger partial charge in [0.1, 0.15) is 0 Å². The van der Waals surface area contributed by atoms with Crippen molar-refractivity contribution in [2.45, 2.75) is 0 Å². The molecule has 0 fully saturated rings. The summed E-state index contributed by atoms with van der Waals surface area (Å²) in [5.41, 5.74) is 13.8. The third-order valence-electron chi connectivity index (χ3n) is 11.4. The predicted octanol–water partition coefficient (Wildman–Crippen LogP) is 9.92. The van der Waals surface area contributed by atoms with Gasteiger partial charge in [-0.2, -0.15) is 10.5 Å².